The molecule has 0 bridgehead atoms. The van der Waals surface area contributed by atoms with E-state index in [1.807, 2.05) is 17.5 Å². The van der Waals surface area contributed by atoms with E-state index in [9.17, 15) is 9.18 Å². The summed E-state index contributed by atoms with van der Waals surface area (Å²) in [5, 5.41) is 1.88. The highest BCUT2D eigenvalue weighted by molar-refractivity contribution is 9.10. The molecule has 0 N–H and O–H groups in total. The van der Waals surface area contributed by atoms with Crippen molar-refractivity contribution in [3.05, 3.63) is 62.1 Å². The SMILES string of the molecule is O=C1OC(c2cccs2)=N/C1=C\c1ccc(F)c(Br)c1. The van der Waals surface area contributed by atoms with Crippen LogP contribution in [0.25, 0.3) is 6.08 Å². The lowest BCUT2D eigenvalue weighted by Gasteiger charge is -1.97. The Morgan fingerprint density at radius 1 is 1.35 bits per heavy atom. The molecule has 2 heterocycles. The molecule has 1 aromatic heterocycles. The van der Waals surface area contributed by atoms with Gasteiger partial charge in [0.1, 0.15) is 5.82 Å². The van der Waals surface area contributed by atoms with Gasteiger partial charge < -0.3 is 4.74 Å². The molecule has 20 heavy (non-hydrogen) atoms. The van der Waals surface area contributed by atoms with Gasteiger partial charge in [-0.05, 0) is 51.1 Å². The molecule has 6 heteroatoms. The van der Waals surface area contributed by atoms with Gasteiger partial charge in [0.2, 0.25) is 5.90 Å². The molecule has 1 aliphatic heterocycles. The summed E-state index contributed by atoms with van der Waals surface area (Å²) in [4.78, 5) is 16.7. The van der Waals surface area contributed by atoms with Crippen molar-refractivity contribution in [3.8, 4) is 0 Å². The molecule has 0 unspecified atom stereocenters. The minimum absolute atomic E-state index is 0.201. The fraction of sp³-hybridized carbons (Fsp3) is 0. The zero-order valence-corrected chi connectivity index (χ0v) is 12.4. The predicted octanol–water partition coefficient (Wildman–Crippen LogP) is 3.99. The van der Waals surface area contributed by atoms with Crippen molar-refractivity contribution in [2.24, 2.45) is 4.99 Å². The zero-order valence-electron chi connectivity index (χ0n) is 9.97. The van der Waals surface area contributed by atoms with E-state index < -0.39 is 5.97 Å². The highest BCUT2D eigenvalue weighted by atomic mass is 79.9. The van der Waals surface area contributed by atoms with E-state index >= 15 is 0 Å². The summed E-state index contributed by atoms with van der Waals surface area (Å²) in [6.07, 6.45) is 1.56. The number of rotatable bonds is 2. The Morgan fingerprint density at radius 3 is 2.90 bits per heavy atom. The van der Waals surface area contributed by atoms with Gasteiger partial charge in [0, 0.05) is 0 Å². The first kappa shape index (κ1) is 13.2. The van der Waals surface area contributed by atoms with Crippen LogP contribution in [-0.2, 0) is 9.53 Å². The van der Waals surface area contributed by atoms with Crippen molar-refractivity contribution in [2.45, 2.75) is 0 Å². The number of carbonyl (C=O) groups excluding carboxylic acids is 1. The van der Waals surface area contributed by atoms with E-state index in [-0.39, 0.29) is 11.5 Å². The van der Waals surface area contributed by atoms with Crippen LogP contribution in [0.5, 0.6) is 0 Å². The number of hydrogen-bond acceptors (Lipinski definition) is 4. The number of aliphatic imine (C=N–C) groups is 1. The molecule has 0 saturated heterocycles. The van der Waals surface area contributed by atoms with Gasteiger partial charge in [-0.25, -0.2) is 14.2 Å². The van der Waals surface area contributed by atoms with E-state index in [4.69, 9.17) is 4.74 Å². The third-order valence-electron chi connectivity index (χ3n) is 2.60. The number of halogens is 2. The van der Waals surface area contributed by atoms with Gasteiger partial charge in [0.05, 0.1) is 9.35 Å². The van der Waals surface area contributed by atoms with Crippen molar-refractivity contribution >= 4 is 45.2 Å². The summed E-state index contributed by atoms with van der Waals surface area (Å²) in [5.74, 6) is -0.560. The average molecular weight is 352 g/mol. The Balaban J connectivity index is 1.95. The maximum atomic E-state index is 13.2. The minimum atomic E-state index is -0.506. The van der Waals surface area contributed by atoms with Crippen LogP contribution in [-0.4, -0.2) is 11.9 Å². The Kier molecular flexibility index (Phi) is 3.50. The van der Waals surface area contributed by atoms with Crippen LogP contribution < -0.4 is 0 Å². The molecule has 2 aromatic rings. The van der Waals surface area contributed by atoms with Gasteiger partial charge in [0.15, 0.2) is 5.70 Å². The van der Waals surface area contributed by atoms with E-state index in [2.05, 4.69) is 20.9 Å². The van der Waals surface area contributed by atoms with Crippen LogP contribution in [0.4, 0.5) is 4.39 Å². The molecule has 0 aliphatic carbocycles. The molecule has 0 fully saturated rings. The number of esters is 1. The second kappa shape index (κ2) is 5.30. The molecular formula is C14H7BrFNO2S. The third-order valence-corrected chi connectivity index (χ3v) is 4.07. The number of cyclic esters (lactones) is 1. The van der Waals surface area contributed by atoms with Crippen LogP contribution in [0.1, 0.15) is 10.4 Å². The van der Waals surface area contributed by atoms with Crippen molar-refractivity contribution < 1.29 is 13.9 Å². The van der Waals surface area contributed by atoms with Gasteiger partial charge in [-0.2, -0.15) is 0 Å². The summed E-state index contributed by atoms with van der Waals surface area (Å²) in [5.41, 5.74) is 0.869. The molecule has 0 amide bonds. The first-order valence-corrected chi connectivity index (χ1v) is 7.32. The summed E-state index contributed by atoms with van der Waals surface area (Å²) in [7, 11) is 0. The lowest BCUT2D eigenvalue weighted by atomic mass is 10.2. The van der Waals surface area contributed by atoms with Crippen LogP contribution in [0.15, 0.2) is 50.9 Å². The second-order valence-corrected chi connectivity index (χ2v) is 5.79. The monoisotopic (exact) mass is 351 g/mol. The van der Waals surface area contributed by atoms with E-state index in [1.165, 1.54) is 17.4 Å². The number of nitrogens with zero attached hydrogens (tertiary/aromatic N) is 1. The first-order chi connectivity index (χ1) is 9.63. The second-order valence-electron chi connectivity index (χ2n) is 3.99. The summed E-state index contributed by atoms with van der Waals surface area (Å²) < 4.78 is 18.6. The van der Waals surface area contributed by atoms with Crippen molar-refractivity contribution in [3.63, 3.8) is 0 Å². The van der Waals surface area contributed by atoms with Crippen LogP contribution in [0, 0.1) is 5.82 Å². The van der Waals surface area contributed by atoms with Crippen LogP contribution in [0.3, 0.4) is 0 Å². The normalized spacial score (nSPS) is 16.4. The smallest absolute Gasteiger partial charge is 0.363 e. The number of hydrogen-bond donors (Lipinski definition) is 0. The highest BCUT2D eigenvalue weighted by Crippen LogP contribution is 2.23. The predicted molar refractivity (Wildman–Crippen MR) is 79.0 cm³/mol. The zero-order chi connectivity index (χ0) is 14.1. The van der Waals surface area contributed by atoms with Gasteiger partial charge in [-0.3, -0.25) is 0 Å². The fourth-order valence-electron chi connectivity index (χ4n) is 1.67. The van der Waals surface area contributed by atoms with E-state index in [0.29, 0.717) is 15.9 Å². The van der Waals surface area contributed by atoms with Gasteiger partial charge in [-0.15, -0.1) is 11.3 Å². The summed E-state index contributed by atoms with van der Waals surface area (Å²) in [6.45, 7) is 0. The average Bonchev–Trinajstić information content (AvgIpc) is 3.04. The summed E-state index contributed by atoms with van der Waals surface area (Å²) >= 11 is 4.54. The quantitative estimate of drug-likeness (QED) is 0.606. The molecular weight excluding hydrogens is 345 g/mol. The minimum Gasteiger partial charge on any atom is -0.401 e. The Labute approximate surface area is 126 Å². The lowest BCUT2D eigenvalue weighted by molar-refractivity contribution is -0.129. The first-order valence-electron chi connectivity index (χ1n) is 5.65. The number of benzene rings is 1. The van der Waals surface area contributed by atoms with E-state index in [0.717, 1.165) is 4.88 Å². The van der Waals surface area contributed by atoms with Gasteiger partial charge >= 0.3 is 5.97 Å². The molecule has 100 valence electrons. The Morgan fingerprint density at radius 2 is 2.20 bits per heavy atom. The maximum absolute atomic E-state index is 13.2. The lowest BCUT2D eigenvalue weighted by Crippen LogP contribution is -2.03. The number of ether oxygens (including phenoxy) is 1. The number of thiophene rings is 1. The van der Waals surface area contributed by atoms with Crippen LogP contribution >= 0.6 is 27.3 Å². The highest BCUT2D eigenvalue weighted by Gasteiger charge is 2.24. The molecule has 0 spiro atoms. The van der Waals surface area contributed by atoms with Crippen molar-refractivity contribution in [2.75, 3.05) is 0 Å². The largest absolute Gasteiger partial charge is 0.401 e. The Hall–Kier alpha value is -1.79. The molecule has 3 rings (SSSR count). The van der Waals surface area contributed by atoms with Crippen molar-refractivity contribution in [1.82, 2.24) is 0 Å². The molecule has 0 radical (unpaired) electrons. The topological polar surface area (TPSA) is 38.7 Å². The molecule has 0 atom stereocenters. The molecule has 3 nitrogen and oxygen atoms in total. The molecule has 1 aliphatic rings. The standard InChI is InChI=1S/C14H7BrFNO2S/c15-9-6-8(3-4-10(9)16)7-11-14(18)19-13(17-11)12-2-1-5-20-12/h1-7H/b11-7-. The maximum Gasteiger partial charge on any atom is 0.363 e. The third kappa shape index (κ3) is 2.57. The fourth-order valence-corrected chi connectivity index (χ4v) is 2.72. The van der Waals surface area contributed by atoms with Gasteiger partial charge in [0.25, 0.3) is 0 Å². The van der Waals surface area contributed by atoms with Crippen LogP contribution in [0.2, 0.25) is 0 Å². The summed E-state index contributed by atoms with van der Waals surface area (Å²) in [6, 6.07) is 8.15. The molecule has 1 aromatic carbocycles. The van der Waals surface area contributed by atoms with E-state index in [1.54, 1.807) is 18.2 Å². The Bertz CT molecular complexity index is 738. The van der Waals surface area contributed by atoms with Crippen molar-refractivity contribution in [1.29, 1.82) is 0 Å². The number of carbonyl (C=O) groups is 1. The molecule has 0 saturated carbocycles. The van der Waals surface area contributed by atoms with Gasteiger partial charge in [-0.1, -0.05) is 12.1 Å².